The molecule has 2 heterocycles. The highest BCUT2D eigenvalue weighted by atomic mass is 127. The second-order valence-electron chi connectivity index (χ2n) is 8.50. The van der Waals surface area contributed by atoms with E-state index in [1.807, 2.05) is 19.3 Å². The molecular weight excluding hydrogens is 493 g/mol. The van der Waals surface area contributed by atoms with Crippen molar-refractivity contribution < 1.29 is 9.47 Å². The SMILES string of the molecule is CN=C(NCc1ccc(OCC2CC2)nc1)NCC(CC(C)C)N1CCOCC1.I. The molecule has 8 heteroatoms. The van der Waals surface area contributed by atoms with Gasteiger partial charge in [0.15, 0.2) is 5.96 Å². The summed E-state index contributed by atoms with van der Waals surface area (Å²) in [5.41, 5.74) is 1.11. The fourth-order valence-electron chi connectivity index (χ4n) is 3.56. The van der Waals surface area contributed by atoms with E-state index in [0.29, 0.717) is 24.4 Å². The van der Waals surface area contributed by atoms with Gasteiger partial charge >= 0.3 is 0 Å². The van der Waals surface area contributed by atoms with Crippen molar-refractivity contribution in [1.82, 2.24) is 20.5 Å². The Bertz CT molecular complexity index is 631. The summed E-state index contributed by atoms with van der Waals surface area (Å²) in [6.45, 7) is 10.6. The maximum absolute atomic E-state index is 5.70. The van der Waals surface area contributed by atoms with E-state index in [-0.39, 0.29) is 24.0 Å². The van der Waals surface area contributed by atoms with Crippen LogP contribution in [0.3, 0.4) is 0 Å². The van der Waals surface area contributed by atoms with Crippen molar-refractivity contribution in [3.8, 4) is 5.88 Å². The van der Waals surface area contributed by atoms with Crippen LogP contribution in [0.5, 0.6) is 5.88 Å². The van der Waals surface area contributed by atoms with Crippen LogP contribution in [-0.2, 0) is 11.3 Å². The zero-order valence-electron chi connectivity index (χ0n) is 18.6. The highest BCUT2D eigenvalue weighted by Gasteiger charge is 2.23. The largest absolute Gasteiger partial charge is 0.477 e. The monoisotopic (exact) mass is 531 g/mol. The van der Waals surface area contributed by atoms with Crippen molar-refractivity contribution in [2.24, 2.45) is 16.8 Å². The Labute approximate surface area is 198 Å². The fraction of sp³-hybridized carbons (Fsp3) is 0.727. The lowest BCUT2D eigenvalue weighted by Crippen LogP contribution is -2.50. The van der Waals surface area contributed by atoms with Gasteiger partial charge in [0, 0.05) is 51.5 Å². The van der Waals surface area contributed by atoms with Crippen LogP contribution in [-0.4, -0.2) is 68.4 Å². The first kappa shape index (κ1) is 25.1. The molecule has 0 bridgehead atoms. The summed E-state index contributed by atoms with van der Waals surface area (Å²) in [4.78, 5) is 11.3. The fourth-order valence-corrected chi connectivity index (χ4v) is 3.56. The molecule has 1 unspecified atom stereocenters. The van der Waals surface area contributed by atoms with Crippen LogP contribution in [0, 0.1) is 11.8 Å². The molecule has 1 aromatic heterocycles. The topological polar surface area (TPSA) is 71.0 Å². The van der Waals surface area contributed by atoms with E-state index < -0.39 is 0 Å². The smallest absolute Gasteiger partial charge is 0.213 e. The molecule has 1 saturated carbocycles. The number of guanidine groups is 1. The first-order chi connectivity index (χ1) is 14.1. The molecular formula is C22H38IN5O2. The van der Waals surface area contributed by atoms with Crippen molar-refractivity contribution in [1.29, 1.82) is 0 Å². The third-order valence-electron chi connectivity index (χ3n) is 5.46. The van der Waals surface area contributed by atoms with Crippen LogP contribution in [0.2, 0.25) is 0 Å². The first-order valence-corrected chi connectivity index (χ1v) is 11.0. The Kier molecular flexibility index (Phi) is 11.2. The van der Waals surface area contributed by atoms with Gasteiger partial charge in [-0.2, -0.15) is 0 Å². The van der Waals surface area contributed by atoms with E-state index in [9.17, 15) is 0 Å². The minimum atomic E-state index is 0. The second kappa shape index (κ2) is 13.3. The lowest BCUT2D eigenvalue weighted by molar-refractivity contribution is 0.0132. The van der Waals surface area contributed by atoms with Crippen LogP contribution < -0.4 is 15.4 Å². The molecule has 2 N–H and O–H groups in total. The van der Waals surface area contributed by atoms with Gasteiger partial charge in [-0.25, -0.2) is 4.98 Å². The van der Waals surface area contributed by atoms with Gasteiger partial charge in [0.2, 0.25) is 5.88 Å². The average molecular weight is 531 g/mol. The number of ether oxygens (including phenoxy) is 2. The Morgan fingerprint density at radius 1 is 1.27 bits per heavy atom. The Hall–Kier alpha value is -1.13. The van der Waals surface area contributed by atoms with Crippen molar-refractivity contribution in [2.75, 3.05) is 46.5 Å². The summed E-state index contributed by atoms with van der Waals surface area (Å²) >= 11 is 0. The van der Waals surface area contributed by atoms with Crippen molar-refractivity contribution in [2.45, 2.75) is 45.7 Å². The van der Waals surface area contributed by atoms with Crippen LogP contribution >= 0.6 is 24.0 Å². The molecule has 1 aliphatic heterocycles. The molecule has 0 aromatic carbocycles. The predicted octanol–water partition coefficient (Wildman–Crippen LogP) is 2.90. The number of aliphatic imine (C=N–C) groups is 1. The van der Waals surface area contributed by atoms with Crippen molar-refractivity contribution in [3.05, 3.63) is 23.9 Å². The lowest BCUT2D eigenvalue weighted by Gasteiger charge is -2.35. The molecule has 1 atom stereocenters. The molecule has 170 valence electrons. The molecule has 0 spiro atoms. The number of nitrogens with one attached hydrogen (secondary N) is 2. The third-order valence-corrected chi connectivity index (χ3v) is 5.46. The van der Waals surface area contributed by atoms with Gasteiger partial charge in [-0.15, -0.1) is 24.0 Å². The van der Waals surface area contributed by atoms with Gasteiger partial charge in [-0.1, -0.05) is 19.9 Å². The minimum absolute atomic E-state index is 0. The molecule has 0 radical (unpaired) electrons. The zero-order chi connectivity index (χ0) is 20.5. The van der Waals surface area contributed by atoms with Crippen LogP contribution in [0.1, 0.15) is 38.7 Å². The van der Waals surface area contributed by atoms with E-state index in [2.05, 4.69) is 45.4 Å². The highest BCUT2D eigenvalue weighted by Crippen LogP contribution is 2.29. The third kappa shape index (κ3) is 8.93. The van der Waals surface area contributed by atoms with Crippen molar-refractivity contribution >= 4 is 29.9 Å². The van der Waals surface area contributed by atoms with Crippen LogP contribution in [0.25, 0.3) is 0 Å². The number of pyridine rings is 1. The van der Waals surface area contributed by atoms with E-state index in [1.165, 1.54) is 12.8 Å². The van der Waals surface area contributed by atoms with Gasteiger partial charge in [0.25, 0.3) is 0 Å². The summed E-state index contributed by atoms with van der Waals surface area (Å²) < 4.78 is 11.2. The molecule has 30 heavy (non-hydrogen) atoms. The summed E-state index contributed by atoms with van der Waals surface area (Å²) in [6, 6.07) is 4.50. The van der Waals surface area contributed by atoms with E-state index in [0.717, 1.165) is 63.3 Å². The zero-order valence-corrected chi connectivity index (χ0v) is 20.9. The summed E-state index contributed by atoms with van der Waals surface area (Å²) in [6.07, 6.45) is 5.61. The number of halogens is 1. The van der Waals surface area contributed by atoms with E-state index >= 15 is 0 Å². The molecule has 2 aliphatic rings. The number of rotatable bonds is 10. The molecule has 2 fully saturated rings. The Morgan fingerprint density at radius 3 is 2.63 bits per heavy atom. The molecule has 3 rings (SSSR count). The Balaban J connectivity index is 0.00000320. The van der Waals surface area contributed by atoms with E-state index in [4.69, 9.17) is 9.47 Å². The summed E-state index contributed by atoms with van der Waals surface area (Å²) in [5.74, 6) is 2.93. The van der Waals surface area contributed by atoms with Gasteiger partial charge in [0.05, 0.1) is 19.8 Å². The minimum Gasteiger partial charge on any atom is -0.477 e. The molecule has 7 nitrogen and oxygen atoms in total. The summed E-state index contributed by atoms with van der Waals surface area (Å²) in [5, 5.41) is 6.90. The normalized spacial score (nSPS) is 18.6. The molecule has 1 aromatic rings. The van der Waals surface area contributed by atoms with Gasteiger partial charge in [0.1, 0.15) is 0 Å². The molecule has 0 amide bonds. The quantitative estimate of drug-likeness (QED) is 0.275. The van der Waals surface area contributed by atoms with Gasteiger partial charge in [-0.3, -0.25) is 9.89 Å². The van der Waals surface area contributed by atoms with Crippen molar-refractivity contribution in [3.63, 3.8) is 0 Å². The maximum Gasteiger partial charge on any atom is 0.213 e. The average Bonchev–Trinajstić information content (AvgIpc) is 3.57. The Morgan fingerprint density at radius 2 is 2.03 bits per heavy atom. The van der Waals surface area contributed by atoms with Gasteiger partial charge < -0.3 is 20.1 Å². The van der Waals surface area contributed by atoms with Crippen LogP contribution in [0.15, 0.2) is 23.3 Å². The second-order valence-corrected chi connectivity index (χ2v) is 8.50. The lowest BCUT2D eigenvalue weighted by atomic mass is 10.0. The number of hydrogen-bond acceptors (Lipinski definition) is 5. The number of morpholine rings is 1. The molecule has 1 saturated heterocycles. The van der Waals surface area contributed by atoms with E-state index in [1.54, 1.807) is 0 Å². The summed E-state index contributed by atoms with van der Waals surface area (Å²) in [7, 11) is 1.81. The van der Waals surface area contributed by atoms with Crippen LogP contribution in [0.4, 0.5) is 0 Å². The highest BCUT2D eigenvalue weighted by molar-refractivity contribution is 14.0. The first-order valence-electron chi connectivity index (χ1n) is 11.0. The molecule has 1 aliphatic carbocycles. The number of nitrogens with zero attached hydrogens (tertiary/aromatic N) is 3. The number of hydrogen-bond donors (Lipinski definition) is 2. The number of aromatic nitrogens is 1. The van der Waals surface area contributed by atoms with Gasteiger partial charge in [-0.05, 0) is 36.7 Å². The maximum atomic E-state index is 5.70. The standard InChI is InChI=1S/C22H37N5O2.HI/c1-17(2)12-20(27-8-10-28-11-9-27)15-26-22(23-3)25-14-19-6-7-21(24-13-19)29-16-18-4-5-18;/h6-7,13,17-18,20H,4-5,8-12,14-16H2,1-3H3,(H2,23,25,26);1H. The predicted molar refractivity (Wildman–Crippen MR) is 132 cm³/mol.